The molecule has 0 radical (unpaired) electrons. The van der Waals surface area contributed by atoms with E-state index in [0.717, 1.165) is 19.3 Å². The van der Waals surface area contributed by atoms with Gasteiger partial charge in [-0.1, -0.05) is 20.3 Å². The van der Waals surface area contributed by atoms with E-state index in [1.165, 1.54) is 6.42 Å². The predicted octanol–water partition coefficient (Wildman–Crippen LogP) is 1.80. The summed E-state index contributed by atoms with van der Waals surface area (Å²) in [7, 11) is 0. The van der Waals surface area contributed by atoms with Crippen molar-refractivity contribution in [2.24, 2.45) is 23.7 Å². The molecule has 0 heterocycles. The van der Waals surface area contributed by atoms with Crippen molar-refractivity contribution in [2.75, 3.05) is 0 Å². The second-order valence-corrected chi connectivity index (χ2v) is 5.28. The molecule has 14 heavy (non-hydrogen) atoms. The van der Waals surface area contributed by atoms with Crippen LogP contribution in [0.25, 0.3) is 0 Å². The highest BCUT2D eigenvalue weighted by molar-refractivity contribution is 4.98. The minimum atomic E-state index is -0.264. The van der Waals surface area contributed by atoms with Gasteiger partial charge < -0.3 is 10.2 Å². The molecular formula is C12H22O2. The Balaban J connectivity index is 2.12. The van der Waals surface area contributed by atoms with Crippen LogP contribution in [0.3, 0.4) is 0 Å². The van der Waals surface area contributed by atoms with Crippen LogP contribution in [0.2, 0.25) is 0 Å². The van der Waals surface area contributed by atoms with Crippen LogP contribution in [0.1, 0.15) is 39.5 Å². The fourth-order valence-corrected chi connectivity index (χ4v) is 3.50. The van der Waals surface area contributed by atoms with Gasteiger partial charge in [-0.05, 0) is 37.0 Å². The summed E-state index contributed by atoms with van der Waals surface area (Å²) in [6.45, 7) is 4.24. The lowest BCUT2D eigenvalue weighted by Gasteiger charge is -2.36. The summed E-state index contributed by atoms with van der Waals surface area (Å²) < 4.78 is 0. The average molecular weight is 198 g/mol. The van der Waals surface area contributed by atoms with Crippen LogP contribution in [0.15, 0.2) is 0 Å². The lowest BCUT2D eigenvalue weighted by atomic mass is 9.73. The molecule has 0 aromatic rings. The Bertz CT molecular complexity index is 202. The molecule has 2 rings (SSSR count). The number of rotatable bonds is 1. The van der Waals surface area contributed by atoms with E-state index in [2.05, 4.69) is 13.8 Å². The Morgan fingerprint density at radius 1 is 1.14 bits per heavy atom. The van der Waals surface area contributed by atoms with E-state index in [-0.39, 0.29) is 18.1 Å². The van der Waals surface area contributed by atoms with Crippen molar-refractivity contribution in [3.63, 3.8) is 0 Å². The number of hydrogen-bond donors (Lipinski definition) is 2. The van der Waals surface area contributed by atoms with E-state index in [4.69, 9.17) is 0 Å². The van der Waals surface area contributed by atoms with Crippen LogP contribution in [0.5, 0.6) is 0 Å². The van der Waals surface area contributed by atoms with Crippen LogP contribution in [-0.2, 0) is 0 Å². The summed E-state index contributed by atoms with van der Waals surface area (Å²) in [4.78, 5) is 0. The Kier molecular flexibility index (Phi) is 2.85. The van der Waals surface area contributed by atoms with Gasteiger partial charge in [0.05, 0.1) is 12.2 Å². The minimum absolute atomic E-state index is 0.170. The molecule has 2 heteroatoms. The molecule has 2 fully saturated rings. The van der Waals surface area contributed by atoms with Crippen LogP contribution in [0, 0.1) is 23.7 Å². The summed E-state index contributed by atoms with van der Waals surface area (Å²) in [5.74, 6) is 1.57. The van der Waals surface area contributed by atoms with Crippen molar-refractivity contribution in [1.82, 2.24) is 0 Å². The summed E-state index contributed by atoms with van der Waals surface area (Å²) >= 11 is 0. The highest BCUT2D eigenvalue weighted by Gasteiger charge is 2.48. The van der Waals surface area contributed by atoms with Gasteiger partial charge in [0.25, 0.3) is 0 Å². The molecule has 4 unspecified atom stereocenters. The molecule has 2 aliphatic carbocycles. The molecule has 0 saturated heterocycles. The van der Waals surface area contributed by atoms with Gasteiger partial charge in [0.15, 0.2) is 0 Å². The molecule has 6 atom stereocenters. The first-order valence-corrected chi connectivity index (χ1v) is 6.01. The average Bonchev–Trinajstić information content (AvgIpc) is 2.50. The molecule has 2 nitrogen and oxygen atoms in total. The summed E-state index contributed by atoms with van der Waals surface area (Å²) in [6.07, 6.45) is 4.01. The molecule has 82 valence electrons. The van der Waals surface area contributed by atoms with E-state index >= 15 is 0 Å². The predicted molar refractivity (Wildman–Crippen MR) is 55.8 cm³/mol. The highest BCUT2D eigenvalue weighted by atomic mass is 16.3. The minimum Gasteiger partial charge on any atom is -0.392 e. The van der Waals surface area contributed by atoms with Crippen LogP contribution < -0.4 is 0 Å². The SMILES string of the molecule is CC[C@H]1CC2CC[C@H](C)C(O)C2C1O. The molecule has 2 saturated carbocycles. The maximum absolute atomic E-state index is 10.1. The molecular weight excluding hydrogens is 176 g/mol. The zero-order valence-corrected chi connectivity index (χ0v) is 9.19. The second kappa shape index (κ2) is 3.82. The van der Waals surface area contributed by atoms with Gasteiger partial charge in [-0.15, -0.1) is 0 Å². The lowest BCUT2D eigenvalue weighted by molar-refractivity contribution is -0.0488. The van der Waals surface area contributed by atoms with E-state index in [0.29, 0.717) is 17.8 Å². The van der Waals surface area contributed by atoms with Gasteiger partial charge in [-0.25, -0.2) is 0 Å². The highest BCUT2D eigenvalue weighted by Crippen LogP contribution is 2.47. The monoisotopic (exact) mass is 198 g/mol. The largest absolute Gasteiger partial charge is 0.392 e. The Hall–Kier alpha value is -0.0800. The smallest absolute Gasteiger partial charge is 0.0623 e. The summed E-state index contributed by atoms with van der Waals surface area (Å²) in [5.41, 5.74) is 0. The van der Waals surface area contributed by atoms with Gasteiger partial charge in [-0.2, -0.15) is 0 Å². The lowest BCUT2D eigenvalue weighted by Crippen LogP contribution is -2.41. The van der Waals surface area contributed by atoms with Crippen LogP contribution in [0.4, 0.5) is 0 Å². The first kappa shape index (κ1) is 10.4. The number of aliphatic hydroxyl groups excluding tert-OH is 2. The van der Waals surface area contributed by atoms with Gasteiger partial charge in [0, 0.05) is 5.92 Å². The summed E-state index contributed by atoms with van der Waals surface area (Å²) in [6, 6.07) is 0. The van der Waals surface area contributed by atoms with Gasteiger partial charge in [-0.3, -0.25) is 0 Å². The standard InChI is InChI=1S/C12H22O2/c1-3-8-6-9-5-4-7(2)11(13)10(9)12(8)14/h7-14H,3-6H2,1-2H3/t7-,8-,9?,10?,11?,12?/m0/s1. The molecule has 2 aliphatic rings. The molecule has 2 N–H and O–H groups in total. The third-order valence-electron chi connectivity index (χ3n) is 4.52. The topological polar surface area (TPSA) is 40.5 Å². The van der Waals surface area contributed by atoms with Crippen LogP contribution in [-0.4, -0.2) is 22.4 Å². The van der Waals surface area contributed by atoms with Crippen molar-refractivity contribution < 1.29 is 10.2 Å². The van der Waals surface area contributed by atoms with Crippen molar-refractivity contribution in [3.8, 4) is 0 Å². The first-order valence-electron chi connectivity index (χ1n) is 6.01. The fourth-order valence-electron chi connectivity index (χ4n) is 3.50. The van der Waals surface area contributed by atoms with E-state index < -0.39 is 0 Å². The quantitative estimate of drug-likeness (QED) is 0.674. The van der Waals surface area contributed by atoms with E-state index in [1.807, 2.05) is 0 Å². The van der Waals surface area contributed by atoms with Crippen molar-refractivity contribution in [1.29, 1.82) is 0 Å². The molecule has 0 aromatic carbocycles. The van der Waals surface area contributed by atoms with Gasteiger partial charge in [0.2, 0.25) is 0 Å². The first-order chi connectivity index (χ1) is 6.65. The molecule has 0 spiro atoms. The van der Waals surface area contributed by atoms with E-state index in [1.54, 1.807) is 0 Å². The maximum atomic E-state index is 10.1. The normalized spacial score (nSPS) is 53.1. The van der Waals surface area contributed by atoms with Gasteiger partial charge in [0.1, 0.15) is 0 Å². The Morgan fingerprint density at radius 3 is 2.50 bits per heavy atom. The van der Waals surface area contributed by atoms with E-state index in [9.17, 15) is 10.2 Å². The van der Waals surface area contributed by atoms with Crippen molar-refractivity contribution >= 4 is 0 Å². The molecule has 0 bridgehead atoms. The molecule has 0 aromatic heterocycles. The number of hydrogen-bond acceptors (Lipinski definition) is 2. The Morgan fingerprint density at radius 2 is 1.86 bits per heavy atom. The van der Waals surface area contributed by atoms with Crippen LogP contribution >= 0.6 is 0 Å². The number of fused-ring (bicyclic) bond motifs is 1. The summed E-state index contributed by atoms with van der Waals surface area (Å²) in [5, 5.41) is 20.2. The molecule has 0 aliphatic heterocycles. The molecule has 0 amide bonds. The zero-order chi connectivity index (χ0) is 10.3. The van der Waals surface area contributed by atoms with Gasteiger partial charge >= 0.3 is 0 Å². The van der Waals surface area contributed by atoms with Crippen molar-refractivity contribution in [2.45, 2.75) is 51.7 Å². The fraction of sp³-hybridized carbons (Fsp3) is 1.00. The van der Waals surface area contributed by atoms with Crippen molar-refractivity contribution in [3.05, 3.63) is 0 Å². The zero-order valence-electron chi connectivity index (χ0n) is 9.19. The maximum Gasteiger partial charge on any atom is 0.0623 e. The number of aliphatic hydroxyl groups is 2. The second-order valence-electron chi connectivity index (χ2n) is 5.28. The third-order valence-corrected chi connectivity index (χ3v) is 4.52. The third kappa shape index (κ3) is 1.49. The Labute approximate surface area is 86.3 Å².